The number of piperidine rings is 1. The number of carboxylic acids is 1. The van der Waals surface area contributed by atoms with Crippen LogP contribution >= 0.6 is 0 Å². The number of nitrogens with zero attached hydrogens (tertiary/aromatic N) is 5. The van der Waals surface area contributed by atoms with Gasteiger partial charge >= 0.3 is 5.97 Å². The Morgan fingerprint density at radius 3 is 2.63 bits per heavy atom. The zero-order chi connectivity index (χ0) is 24.3. The van der Waals surface area contributed by atoms with Crippen molar-refractivity contribution in [1.82, 2.24) is 24.9 Å². The number of aromatic nitrogens is 4. The lowest BCUT2D eigenvalue weighted by atomic mass is 9.69. The van der Waals surface area contributed by atoms with Crippen LogP contribution in [0.3, 0.4) is 0 Å². The summed E-state index contributed by atoms with van der Waals surface area (Å²) in [6, 6.07) is 14.4. The predicted octanol–water partition coefficient (Wildman–Crippen LogP) is 3.54. The number of hydrogen-bond acceptors (Lipinski definition) is 6. The maximum atomic E-state index is 12.0. The van der Waals surface area contributed by atoms with Gasteiger partial charge in [0.05, 0.1) is 24.1 Å². The number of likely N-dealkylation sites (tertiary alicyclic amines) is 1. The van der Waals surface area contributed by atoms with E-state index in [0.29, 0.717) is 18.9 Å². The van der Waals surface area contributed by atoms with Crippen molar-refractivity contribution in [3.05, 3.63) is 77.4 Å². The van der Waals surface area contributed by atoms with Gasteiger partial charge in [-0.1, -0.05) is 48.4 Å². The molecule has 8 heteroatoms. The highest BCUT2D eigenvalue weighted by atomic mass is 16.4. The first-order valence-electron chi connectivity index (χ1n) is 12.6. The molecular formula is C27H34N6O2. The SMILES string of the molecule is NC1(C(=O)O)CCCCC1c1cccc(C2CCN(Cc3cn(Cc4ccccn4)nn3)CC2)c1. The largest absolute Gasteiger partial charge is 0.480 e. The summed E-state index contributed by atoms with van der Waals surface area (Å²) in [7, 11) is 0. The van der Waals surface area contributed by atoms with Crippen LogP contribution in [-0.2, 0) is 17.9 Å². The summed E-state index contributed by atoms with van der Waals surface area (Å²) in [6.45, 7) is 3.42. The van der Waals surface area contributed by atoms with Crippen LogP contribution in [0.2, 0.25) is 0 Å². The van der Waals surface area contributed by atoms with Gasteiger partial charge < -0.3 is 10.8 Å². The number of benzene rings is 1. The van der Waals surface area contributed by atoms with Crippen molar-refractivity contribution in [2.45, 2.75) is 69.0 Å². The van der Waals surface area contributed by atoms with Gasteiger partial charge in [-0.15, -0.1) is 5.10 Å². The van der Waals surface area contributed by atoms with E-state index in [1.165, 1.54) is 5.56 Å². The highest BCUT2D eigenvalue weighted by Gasteiger charge is 2.44. The maximum absolute atomic E-state index is 12.0. The Bertz CT molecular complexity index is 1140. The molecule has 0 spiro atoms. The molecule has 1 saturated heterocycles. The van der Waals surface area contributed by atoms with Crippen LogP contribution in [0.1, 0.15) is 72.9 Å². The first-order valence-corrected chi connectivity index (χ1v) is 12.6. The summed E-state index contributed by atoms with van der Waals surface area (Å²) in [5.41, 5.74) is 9.60. The molecule has 2 fully saturated rings. The van der Waals surface area contributed by atoms with E-state index in [4.69, 9.17) is 5.73 Å². The Balaban J connectivity index is 1.19. The van der Waals surface area contributed by atoms with E-state index in [9.17, 15) is 9.90 Å². The molecule has 2 aliphatic rings. The molecule has 2 aromatic heterocycles. The second-order valence-electron chi connectivity index (χ2n) is 10.1. The first kappa shape index (κ1) is 23.6. The normalized spacial score (nSPS) is 23.9. The quantitative estimate of drug-likeness (QED) is 0.539. The second-order valence-corrected chi connectivity index (χ2v) is 10.1. The van der Waals surface area contributed by atoms with Crippen LogP contribution in [0.5, 0.6) is 0 Å². The topological polar surface area (TPSA) is 110 Å². The number of carbonyl (C=O) groups is 1. The van der Waals surface area contributed by atoms with Crippen molar-refractivity contribution in [3.8, 4) is 0 Å². The highest BCUT2D eigenvalue weighted by Crippen LogP contribution is 2.41. The molecule has 2 atom stereocenters. The number of rotatable bonds is 7. The van der Waals surface area contributed by atoms with E-state index >= 15 is 0 Å². The molecule has 0 bridgehead atoms. The average Bonchev–Trinajstić information content (AvgIpc) is 3.32. The van der Waals surface area contributed by atoms with Crippen molar-refractivity contribution in [1.29, 1.82) is 0 Å². The molecule has 8 nitrogen and oxygen atoms in total. The highest BCUT2D eigenvalue weighted by molar-refractivity contribution is 5.80. The molecule has 3 heterocycles. The van der Waals surface area contributed by atoms with Crippen LogP contribution in [-0.4, -0.2) is 54.6 Å². The van der Waals surface area contributed by atoms with E-state index in [1.807, 2.05) is 29.1 Å². The molecule has 184 valence electrons. The Labute approximate surface area is 206 Å². The van der Waals surface area contributed by atoms with Gasteiger partial charge in [-0.3, -0.25) is 14.7 Å². The Kier molecular flexibility index (Phi) is 6.92. The molecule has 3 aromatic rings. The Morgan fingerprint density at radius 1 is 1.03 bits per heavy atom. The molecular weight excluding hydrogens is 440 g/mol. The van der Waals surface area contributed by atoms with E-state index < -0.39 is 11.5 Å². The lowest BCUT2D eigenvalue weighted by Gasteiger charge is -2.38. The number of pyridine rings is 1. The standard InChI is InChI=1S/C27H34N6O2/c28-27(26(34)35)12-3-1-9-25(27)22-7-5-6-21(16-22)20-10-14-32(15-11-20)17-24-19-33(31-30-24)18-23-8-2-4-13-29-23/h2,4-8,13,16,19-20,25H,1,3,9-12,14-15,17-18,28H2,(H,34,35). The van der Waals surface area contributed by atoms with Crippen molar-refractivity contribution in [2.24, 2.45) is 5.73 Å². The number of hydrogen-bond donors (Lipinski definition) is 2. The van der Waals surface area contributed by atoms with Crippen LogP contribution in [0.15, 0.2) is 54.9 Å². The predicted molar refractivity (Wildman–Crippen MR) is 133 cm³/mol. The van der Waals surface area contributed by atoms with Crippen molar-refractivity contribution < 1.29 is 9.90 Å². The fourth-order valence-corrected chi connectivity index (χ4v) is 5.75. The minimum absolute atomic E-state index is 0.123. The Hall–Kier alpha value is -3.10. The third-order valence-electron chi connectivity index (χ3n) is 7.75. The maximum Gasteiger partial charge on any atom is 0.324 e. The zero-order valence-corrected chi connectivity index (χ0v) is 20.1. The number of carboxylic acid groups (broad SMARTS) is 1. The molecule has 5 rings (SSSR count). The lowest BCUT2D eigenvalue weighted by Crippen LogP contribution is -2.54. The van der Waals surface area contributed by atoms with Crippen molar-refractivity contribution >= 4 is 5.97 Å². The molecule has 0 amide bonds. The average molecular weight is 475 g/mol. The fourth-order valence-electron chi connectivity index (χ4n) is 5.75. The minimum Gasteiger partial charge on any atom is -0.480 e. The van der Waals surface area contributed by atoms with Gasteiger partial charge in [0, 0.05) is 18.7 Å². The molecule has 0 radical (unpaired) electrons. The lowest BCUT2D eigenvalue weighted by molar-refractivity contribution is -0.145. The summed E-state index contributed by atoms with van der Waals surface area (Å²) >= 11 is 0. The van der Waals surface area contributed by atoms with Gasteiger partial charge in [0.15, 0.2) is 0 Å². The van der Waals surface area contributed by atoms with Crippen LogP contribution < -0.4 is 5.73 Å². The van der Waals surface area contributed by atoms with Gasteiger partial charge in [0.2, 0.25) is 0 Å². The van der Waals surface area contributed by atoms with Gasteiger partial charge in [-0.2, -0.15) is 0 Å². The van der Waals surface area contributed by atoms with Crippen LogP contribution in [0, 0.1) is 0 Å². The first-order chi connectivity index (χ1) is 17.0. The molecule has 35 heavy (non-hydrogen) atoms. The van der Waals surface area contributed by atoms with E-state index in [1.54, 1.807) is 6.20 Å². The van der Waals surface area contributed by atoms with Gasteiger partial charge in [0.25, 0.3) is 0 Å². The van der Waals surface area contributed by atoms with Gasteiger partial charge in [-0.05, 0) is 68.0 Å². The number of nitrogens with two attached hydrogens (primary N) is 1. The monoisotopic (exact) mass is 474 g/mol. The summed E-state index contributed by atoms with van der Waals surface area (Å²) in [5.74, 6) is -0.521. The fraction of sp³-hybridized carbons (Fsp3) is 0.481. The molecule has 2 unspecified atom stereocenters. The summed E-state index contributed by atoms with van der Waals surface area (Å²) in [4.78, 5) is 18.8. The Morgan fingerprint density at radius 2 is 1.86 bits per heavy atom. The van der Waals surface area contributed by atoms with E-state index in [0.717, 1.165) is 68.7 Å². The summed E-state index contributed by atoms with van der Waals surface area (Å²) < 4.78 is 1.84. The number of aliphatic carboxylic acids is 1. The van der Waals surface area contributed by atoms with Crippen LogP contribution in [0.25, 0.3) is 0 Å². The summed E-state index contributed by atoms with van der Waals surface area (Å²) in [6.07, 6.45) is 9.25. The molecule has 1 aliphatic heterocycles. The molecule has 1 aromatic carbocycles. The second kappa shape index (κ2) is 10.3. The van der Waals surface area contributed by atoms with Crippen molar-refractivity contribution in [3.63, 3.8) is 0 Å². The third kappa shape index (κ3) is 5.28. The smallest absolute Gasteiger partial charge is 0.324 e. The van der Waals surface area contributed by atoms with E-state index in [-0.39, 0.29) is 5.92 Å². The summed E-state index contributed by atoms with van der Waals surface area (Å²) in [5, 5.41) is 18.5. The molecule has 1 saturated carbocycles. The van der Waals surface area contributed by atoms with Gasteiger partial charge in [-0.25, -0.2) is 4.68 Å². The third-order valence-corrected chi connectivity index (χ3v) is 7.75. The molecule has 3 N–H and O–H groups in total. The minimum atomic E-state index is -1.16. The molecule has 1 aliphatic carbocycles. The van der Waals surface area contributed by atoms with Gasteiger partial charge in [0.1, 0.15) is 5.54 Å². The van der Waals surface area contributed by atoms with Crippen molar-refractivity contribution in [2.75, 3.05) is 13.1 Å². The zero-order valence-electron chi connectivity index (χ0n) is 20.1. The van der Waals surface area contributed by atoms with Crippen LogP contribution in [0.4, 0.5) is 0 Å². The van der Waals surface area contributed by atoms with E-state index in [2.05, 4.69) is 44.5 Å².